The molecule has 1 aliphatic rings. The molecule has 7 nitrogen and oxygen atoms in total. The van der Waals surface area contributed by atoms with E-state index in [4.69, 9.17) is 10.5 Å². The second-order valence-corrected chi connectivity index (χ2v) is 7.20. The molecule has 158 valence electrons. The lowest BCUT2D eigenvalue weighted by atomic mass is 10.1. The molecule has 8 heteroatoms. The van der Waals surface area contributed by atoms with Crippen LogP contribution in [0.4, 0.5) is 15.8 Å². The Kier molecular flexibility index (Phi) is 6.34. The number of carbonyl (C=O) groups is 3. The Hall–Kier alpha value is -3.42. The monoisotopic (exact) mass is 413 g/mol. The zero-order valence-corrected chi connectivity index (χ0v) is 17.0. The van der Waals surface area contributed by atoms with Crippen molar-refractivity contribution in [3.05, 3.63) is 58.9 Å². The molecule has 1 amide bonds. The normalized spacial score (nSPS) is 13.8. The standard InChI is InChI=1S/C22H24FN3O4/c1-14-4-3-5-17(21(14)24)22(29)30-13-20(28)26-10-8-25(9-11-26)19-7-6-16(15(2)27)12-18(19)23/h3-7,12H,8-11,13,24H2,1-2H3. The van der Waals surface area contributed by atoms with Crippen LogP contribution in [0.1, 0.15) is 33.2 Å². The van der Waals surface area contributed by atoms with Gasteiger partial charge in [-0.25, -0.2) is 9.18 Å². The van der Waals surface area contributed by atoms with E-state index >= 15 is 0 Å². The summed E-state index contributed by atoms with van der Waals surface area (Å²) in [4.78, 5) is 39.4. The lowest BCUT2D eigenvalue weighted by molar-refractivity contribution is -0.134. The van der Waals surface area contributed by atoms with Gasteiger partial charge >= 0.3 is 5.97 Å². The van der Waals surface area contributed by atoms with Crippen molar-refractivity contribution in [2.45, 2.75) is 13.8 Å². The number of nitrogens with zero attached hydrogens (tertiary/aromatic N) is 2. The predicted octanol–water partition coefficient (Wildman–Crippen LogP) is 2.42. The maximum atomic E-state index is 14.3. The highest BCUT2D eigenvalue weighted by Gasteiger charge is 2.24. The van der Waals surface area contributed by atoms with Gasteiger partial charge in [0.15, 0.2) is 12.4 Å². The zero-order valence-electron chi connectivity index (χ0n) is 17.0. The van der Waals surface area contributed by atoms with Crippen LogP contribution in [0.5, 0.6) is 0 Å². The Balaban J connectivity index is 1.54. The number of para-hydroxylation sites is 1. The number of nitrogen functional groups attached to an aromatic ring is 1. The molecular formula is C22H24FN3O4. The molecule has 2 aromatic rings. The van der Waals surface area contributed by atoms with Crippen molar-refractivity contribution in [1.29, 1.82) is 0 Å². The zero-order chi connectivity index (χ0) is 21.8. The first kappa shape index (κ1) is 21.3. The van der Waals surface area contributed by atoms with E-state index in [0.717, 1.165) is 5.56 Å². The van der Waals surface area contributed by atoms with Gasteiger partial charge in [-0.05, 0) is 43.7 Å². The summed E-state index contributed by atoms with van der Waals surface area (Å²) in [5, 5.41) is 0. The van der Waals surface area contributed by atoms with Gasteiger partial charge in [0.2, 0.25) is 0 Å². The number of Topliss-reactive ketones (excluding diaryl/α,β-unsaturated/α-hetero) is 1. The van der Waals surface area contributed by atoms with Crippen LogP contribution in [-0.4, -0.2) is 55.3 Å². The van der Waals surface area contributed by atoms with Gasteiger partial charge in [-0.2, -0.15) is 0 Å². The Morgan fingerprint density at radius 1 is 1.10 bits per heavy atom. The summed E-state index contributed by atoms with van der Waals surface area (Å²) in [6, 6.07) is 9.44. The number of hydrogen-bond acceptors (Lipinski definition) is 6. The van der Waals surface area contributed by atoms with Crippen molar-refractivity contribution < 1.29 is 23.5 Å². The van der Waals surface area contributed by atoms with Crippen molar-refractivity contribution in [3.8, 4) is 0 Å². The van der Waals surface area contributed by atoms with Gasteiger partial charge < -0.3 is 20.3 Å². The smallest absolute Gasteiger partial charge is 0.340 e. The van der Waals surface area contributed by atoms with Crippen LogP contribution in [-0.2, 0) is 9.53 Å². The molecule has 1 aliphatic heterocycles. The SMILES string of the molecule is CC(=O)c1ccc(N2CCN(C(=O)COC(=O)c3cccc(C)c3N)CC2)c(F)c1. The summed E-state index contributed by atoms with van der Waals surface area (Å²) in [6.07, 6.45) is 0. The third-order valence-corrected chi connectivity index (χ3v) is 5.20. The van der Waals surface area contributed by atoms with E-state index in [0.29, 0.717) is 43.1 Å². The van der Waals surface area contributed by atoms with E-state index in [1.165, 1.54) is 13.0 Å². The topological polar surface area (TPSA) is 92.9 Å². The molecule has 0 aliphatic carbocycles. The average Bonchev–Trinajstić information content (AvgIpc) is 2.73. The summed E-state index contributed by atoms with van der Waals surface area (Å²) in [6.45, 7) is 4.40. The second-order valence-electron chi connectivity index (χ2n) is 7.20. The molecule has 0 unspecified atom stereocenters. The Morgan fingerprint density at radius 3 is 2.43 bits per heavy atom. The lowest BCUT2D eigenvalue weighted by Crippen LogP contribution is -2.50. The van der Waals surface area contributed by atoms with Crippen LogP contribution in [0.2, 0.25) is 0 Å². The highest BCUT2D eigenvalue weighted by molar-refractivity contribution is 5.97. The van der Waals surface area contributed by atoms with E-state index in [1.807, 2.05) is 4.90 Å². The minimum absolute atomic E-state index is 0.196. The number of halogens is 1. The highest BCUT2D eigenvalue weighted by atomic mass is 19.1. The van der Waals surface area contributed by atoms with Crippen molar-refractivity contribution in [3.63, 3.8) is 0 Å². The molecule has 1 fully saturated rings. The van der Waals surface area contributed by atoms with Gasteiger partial charge in [0.25, 0.3) is 5.91 Å². The van der Waals surface area contributed by atoms with E-state index in [9.17, 15) is 18.8 Å². The first-order chi connectivity index (χ1) is 14.3. The predicted molar refractivity (Wildman–Crippen MR) is 111 cm³/mol. The van der Waals surface area contributed by atoms with Crippen molar-refractivity contribution >= 4 is 29.0 Å². The van der Waals surface area contributed by atoms with Crippen molar-refractivity contribution in [2.75, 3.05) is 43.4 Å². The van der Waals surface area contributed by atoms with E-state index in [2.05, 4.69) is 0 Å². The van der Waals surface area contributed by atoms with Gasteiger partial charge in [0.05, 0.1) is 11.3 Å². The second kappa shape index (κ2) is 8.94. The van der Waals surface area contributed by atoms with Gasteiger partial charge in [0.1, 0.15) is 5.82 Å². The largest absolute Gasteiger partial charge is 0.452 e. The van der Waals surface area contributed by atoms with Crippen LogP contribution in [0.3, 0.4) is 0 Å². The minimum Gasteiger partial charge on any atom is -0.452 e. The van der Waals surface area contributed by atoms with Gasteiger partial charge in [-0.15, -0.1) is 0 Å². The van der Waals surface area contributed by atoms with E-state index in [1.54, 1.807) is 42.2 Å². The first-order valence-electron chi connectivity index (χ1n) is 9.63. The number of ether oxygens (including phenoxy) is 1. The fraction of sp³-hybridized carbons (Fsp3) is 0.318. The van der Waals surface area contributed by atoms with E-state index < -0.39 is 11.8 Å². The van der Waals surface area contributed by atoms with Crippen LogP contribution in [0, 0.1) is 12.7 Å². The molecule has 2 aromatic carbocycles. The molecule has 0 spiro atoms. The van der Waals surface area contributed by atoms with Gasteiger partial charge in [0, 0.05) is 37.4 Å². The summed E-state index contributed by atoms with van der Waals surface area (Å²) in [7, 11) is 0. The number of anilines is 2. The molecular weight excluding hydrogens is 389 g/mol. The van der Waals surface area contributed by atoms with Gasteiger partial charge in [-0.3, -0.25) is 9.59 Å². The average molecular weight is 413 g/mol. The number of ketones is 1. The maximum Gasteiger partial charge on any atom is 0.340 e. The number of rotatable bonds is 5. The lowest BCUT2D eigenvalue weighted by Gasteiger charge is -2.36. The van der Waals surface area contributed by atoms with Crippen LogP contribution in [0.25, 0.3) is 0 Å². The number of amides is 1. The van der Waals surface area contributed by atoms with Gasteiger partial charge in [-0.1, -0.05) is 12.1 Å². The number of carbonyl (C=O) groups excluding carboxylic acids is 3. The highest BCUT2D eigenvalue weighted by Crippen LogP contribution is 2.22. The molecule has 0 atom stereocenters. The summed E-state index contributed by atoms with van der Waals surface area (Å²) in [5.41, 5.74) is 7.94. The van der Waals surface area contributed by atoms with Crippen molar-refractivity contribution in [1.82, 2.24) is 4.90 Å². The molecule has 0 saturated carbocycles. The summed E-state index contributed by atoms with van der Waals surface area (Å²) >= 11 is 0. The fourth-order valence-corrected chi connectivity index (χ4v) is 3.33. The minimum atomic E-state index is -0.643. The molecule has 30 heavy (non-hydrogen) atoms. The van der Waals surface area contributed by atoms with Crippen LogP contribution < -0.4 is 10.6 Å². The van der Waals surface area contributed by atoms with Crippen LogP contribution >= 0.6 is 0 Å². The van der Waals surface area contributed by atoms with Crippen molar-refractivity contribution in [2.24, 2.45) is 0 Å². The molecule has 0 bridgehead atoms. The summed E-state index contributed by atoms with van der Waals surface area (Å²) < 4.78 is 19.5. The number of benzene rings is 2. The molecule has 0 aromatic heterocycles. The molecule has 2 N–H and O–H groups in total. The maximum absolute atomic E-state index is 14.3. The molecule has 3 rings (SSSR count). The Bertz CT molecular complexity index is 984. The fourth-order valence-electron chi connectivity index (χ4n) is 3.33. The first-order valence-corrected chi connectivity index (χ1v) is 9.63. The number of aryl methyl sites for hydroxylation is 1. The van der Waals surface area contributed by atoms with E-state index in [-0.39, 0.29) is 23.9 Å². The quantitative estimate of drug-likeness (QED) is 0.460. The number of hydrogen-bond donors (Lipinski definition) is 1. The Labute approximate surface area is 174 Å². The number of esters is 1. The Morgan fingerprint density at radius 2 is 1.80 bits per heavy atom. The summed E-state index contributed by atoms with van der Waals surface area (Å²) in [5.74, 6) is -1.62. The molecule has 0 radical (unpaired) electrons. The third-order valence-electron chi connectivity index (χ3n) is 5.20. The molecule has 1 saturated heterocycles. The van der Waals surface area contributed by atoms with Crippen LogP contribution in [0.15, 0.2) is 36.4 Å². The third kappa shape index (κ3) is 4.59. The number of nitrogens with two attached hydrogens (primary N) is 1. The number of piperazine rings is 1. The molecule has 1 heterocycles.